The zero-order chi connectivity index (χ0) is 24.3. The number of hydrogen-bond donors (Lipinski definition) is 1. The van der Waals surface area contributed by atoms with Gasteiger partial charge in [-0.3, -0.25) is 19.3 Å². The van der Waals surface area contributed by atoms with Crippen LogP contribution in [0.15, 0.2) is 28.5 Å². The predicted molar refractivity (Wildman–Crippen MR) is 127 cm³/mol. The van der Waals surface area contributed by atoms with Crippen molar-refractivity contribution >= 4 is 39.1 Å². The zero-order valence-electron chi connectivity index (χ0n) is 19.6. The molecule has 1 N–H and O–H groups in total. The lowest BCUT2D eigenvalue weighted by atomic mass is 9.85. The summed E-state index contributed by atoms with van der Waals surface area (Å²) >= 11 is 1.12. The monoisotopic (exact) mass is 495 g/mol. The van der Waals surface area contributed by atoms with Gasteiger partial charge in [0.05, 0.1) is 18.4 Å². The Labute approximate surface area is 200 Å². The third-order valence-corrected chi connectivity index (χ3v) is 9.83. The van der Waals surface area contributed by atoms with Gasteiger partial charge in [0.1, 0.15) is 10.3 Å². The van der Waals surface area contributed by atoms with Gasteiger partial charge in [-0.15, -0.1) is 11.3 Å². The highest BCUT2D eigenvalue weighted by Crippen LogP contribution is 2.37. The van der Waals surface area contributed by atoms with Gasteiger partial charge in [-0.25, -0.2) is 8.42 Å². The molecule has 1 saturated heterocycles. The Kier molecular flexibility index (Phi) is 8.13. The minimum Gasteiger partial charge on any atom is -0.349 e. The van der Waals surface area contributed by atoms with Crippen molar-refractivity contribution in [1.82, 2.24) is 14.5 Å². The zero-order valence-corrected chi connectivity index (χ0v) is 21.2. The number of rotatable bonds is 10. The van der Waals surface area contributed by atoms with Gasteiger partial charge in [-0.1, -0.05) is 39.8 Å². The summed E-state index contributed by atoms with van der Waals surface area (Å²) in [4.78, 5) is 41.0. The van der Waals surface area contributed by atoms with Crippen molar-refractivity contribution in [2.45, 2.75) is 63.8 Å². The maximum Gasteiger partial charge on any atom is 0.252 e. The molecule has 0 aromatic carbocycles. The van der Waals surface area contributed by atoms with Crippen LogP contribution in [-0.2, 0) is 31.0 Å². The van der Waals surface area contributed by atoms with E-state index in [0.717, 1.165) is 11.3 Å². The Morgan fingerprint density at radius 2 is 1.70 bits per heavy atom. The smallest absolute Gasteiger partial charge is 0.252 e. The lowest BCUT2D eigenvalue weighted by molar-refractivity contribution is -0.148. The number of carbonyl (C=O) groups excluding carboxylic acids is 3. The molecule has 2 aliphatic rings. The maximum absolute atomic E-state index is 13.1. The first-order chi connectivity index (χ1) is 15.6. The second-order valence-corrected chi connectivity index (χ2v) is 12.2. The molecule has 3 atom stereocenters. The summed E-state index contributed by atoms with van der Waals surface area (Å²) in [6.07, 6.45) is 5.28. The van der Waals surface area contributed by atoms with Gasteiger partial charge < -0.3 is 5.32 Å². The lowest BCUT2D eigenvalue weighted by Crippen LogP contribution is -2.50. The number of hydrogen-bond acceptors (Lipinski definition) is 6. The van der Waals surface area contributed by atoms with Crippen LogP contribution in [-0.4, -0.2) is 54.5 Å². The number of imide groups is 1. The van der Waals surface area contributed by atoms with Crippen LogP contribution in [0.1, 0.15) is 51.8 Å². The molecule has 3 rings (SSSR count). The van der Waals surface area contributed by atoms with Gasteiger partial charge in [-0.2, -0.15) is 4.31 Å². The first-order valence-corrected chi connectivity index (χ1v) is 13.8. The highest BCUT2D eigenvalue weighted by Gasteiger charge is 2.51. The van der Waals surface area contributed by atoms with Crippen molar-refractivity contribution in [2.24, 2.45) is 17.8 Å². The molecule has 1 aromatic rings. The molecule has 10 heteroatoms. The van der Waals surface area contributed by atoms with Gasteiger partial charge in [0.2, 0.25) is 17.7 Å². The Bertz CT molecular complexity index is 1000. The Morgan fingerprint density at radius 1 is 1.12 bits per heavy atom. The second kappa shape index (κ2) is 10.5. The van der Waals surface area contributed by atoms with Crippen LogP contribution < -0.4 is 5.32 Å². The molecule has 1 aliphatic heterocycles. The molecule has 1 aromatic heterocycles. The van der Waals surface area contributed by atoms with E-state index in [1.165, 1.54) is 9.21 Å². The Balaban J connectivity index is 1.73. The lowest BCUT2D eigenvalue weighted by Gasteiger charge is -2.27. The maximum atomic E-state index is 13.1. The summed E-state index contributed by atoms with van der Waals surface area (Å²) in [5, 5.41) is 2.83. The summed E-state index contributed by atoms with van der Waals surface area (Å²) in [7, 11) is -3.56. The highest BCUT2D eigenvalue weighted by molar-refractivity contribution is 7.91. The number of carbonyl (C=O) groups is 3. The van der Waals surface area contributed by atoms with Crippen LogP contribution >= 0.6 is 11.3 Å². The van der Waals surface area contributed by atoms with Crippen LogP contribution in [0.5, 0.6) is 0 Å². The third-order valence-electron chi connectivity index (χ3n) is 6.22. The fourth-order valence-electron chi connectivity index (χ4n) is 4.48. The fourth-order valence-corrected chi connectivity index (χ4v) is 7.39. The summed E-state index contributed by atoms with van der Waals surface area (Å²) < 4.78 is 27.0. The third kappa shape index (κ3) is 5.22. The molecule has 8 nitrogen and oxygen atoms in total. The molecule has 1 aliphatic carbocycles. The van der Waals surface area contributed by atoms with Crippen LogP contribution in [0.2, 0.25) is 0 Å². The Morgan fingerprint density at radius 3 is 2.21 bits per heavy atom. The SMILES string of the molecule is CCN(CC)S(=O)(=O)c1ccc(CNC(=O)C(CC(C)C)N2C(=O)C3CC=CCC3C2=O)s1. The van der Waals surface area contributed by atoms with E-state index in [-0.39, 0.29) is 40.3 Å². The van der Waals surface area contributed by atoms with Crippen LogP contribution in [0.25, 0.3) is 0 Å². The molecule has 2 heterocycles. The second-order valence-electron chi connectivity index (χ2n) is 8.88. The standard InChI is InChI=1S/C23H33N3O5S2/c1-5-25(6-2)33(30,31)20-12-11-16(32-20)14-24-21(27)19(13-15(3)4)26-22(28)17-9-7-8-10-18(17)23(26)29/h7-8,11-12,15,17-19H,5-6,9-10,13-14H2,1-4H3,(H,24,27). The number of fused-ring (bicyclic) bond motifs is 1. The molecule has 0 radical (unpaired) electrons. The van der Waals surface area contributed by atoms with Crippen LogP contribution in [0.3, 0.4) is 0 Å². The van der Waals surface area contributed by atoms with Crippen molar-refractivity contribution in [3.05, 3.63) is 29.2 Å². The summed E-state index contributed by atoms with van der Waals surface area (Å²) in [6.45, 7) is 8.38. The van der Waals surface area contributed by atoms with Gasteiger partial charge in [0.15, 0.2) is 0 Å². The topological polar surface area (TPSA) is 104 Å². The molecule has 182 valence electrons. The fraction of sp³-hybridized carbons (Fsp3) is 0.609. The molecule has 0 saturated carbocycles. The van der Waals surface area contributed by atoms with E-state index in [4.69, 9.17) is 0 Å². The Hall–Kier alpha value is -2.04. The van der Waals surface area contributed by atoms with E-state index >= 15 is 0 Å². The largest absolute Gasteiger partial charge is 0.349 e. The van der Waals surface area contributed by atoms with Crippen LogP contribution in [0.4, 0.5) is 0 Å². The minimum atomic E-state index is -3.56. The molecule has 33 heavy (non-hydrogen) atoms. The van der Waals surface area contributed by atoms with Crippen molar-refractivity contribution in [2.75, 3.05) is 13.1 Å². The summed E-state index contributed by atoms with van der Waals surface area (Å²) in [5.41, 5.74) is 0. The van der Waals surface area contributed by atoms with Gasteiger partial charge in [0.25, 0.3) is 10.0 Å². The number of amides is 3. The highest BCUT2D eigenvalue weighted by atomic mass is 32.2. The first-order valence-electron chi connectivity index (χ1n) is 11.5. The van der Waals surface area contributed by atoms with E-state index in [1.54, 1.807) is 26.0 Å². The number of thiophene rings is 1. The molecule has 0 spiro atoms. The summed E-state index contributed by atoms with van der Waals surface area (Å²) in [6, 6.07) is 2.37. The number of nitrogens with one attached hydrogen (secondary N) is 1. The molecule has 0 bridgehead atoms. The molecule has 3 amide bonds. The summed E-state index contributed by atoms with van der Waals surface area (Å²) in [5.74, 6) is -1.57. The van der Waals surface area contributed by atoms with Crippen molar-refractivity contribution in [1.29, 1.82) is 0 Å². The predicted octanol–water partition coefficient (Wildman–Crippen LogP) is 2.76. The van der Waals surface area contributed by atoms with Gasteiger partial charge >= 0.3 is 0 Å². The van der Waals surface area contributed by atoms with E-state index in [1.807, 2.05) is 26.0 Å². The average molecular weight is 496 g/mol. The van der Waals surface area contributed by atoms with Crippen molar-refractivity contribution in [3.63, 3.8) is 0 Å². The van der Waals surface area contributed by atoms with E-state index < -0.39 is 22.0 Å². The number of sulfonamides is 1. The van der Waals surface area contributed by atoms with Crippen molar-refractivity contribution in [3.8, 4) is 0 Å². The average Bonchev–Trinajstić information content (AvgIpc) is 3.35. The van der Waals surface area contributed by atoms with Crippen molar-refractivity contribution < 1.29 is 22.8 Å². The molecule has 3 unspecified atom stereocenters. The van der Waals surface area contributed by atoms with Crippen LogP contribution in [0, 0.1) is 17.8 Å². The number of likely N-dealkylation sites (tertiary alicyclic amines) is 1. The molecule has 1 fully saturated rings. The molecular formula is C23H33N3O5S2. The van der Waals surface area contributed by atoms with E-state index in [2.05, 4.69) is 5.32 Å². The quantitative estimate of drug-likeness (QED) is 0.397. The number of nitrogens with zero attached hydrogens (tertiary/aromatic N) is 2. The van der Waals surface area contributed by atoms with Gasteiger partial charge in [0, 0.05) is 18.0 Å². The molecular weight excluding hydrogens is 462 g/mol. The number of allylic oxidation sites excluding steroid dienone is 2. The van der Waals surface area contributed by atoms with E-state index in [9.17, 15) is 22.8 Å². The first kappa shape index (κ1) is 25.6. The minimum absolute atomic E-state index is 0.106. The van der Waals surface area contributed by atoms with E-state index in [0.29, 0.717) is 37.2 Å². The normalized spacial score (nSPS) is 21.7. The van der Waals surface area contributed by atoms with Gasteiger partial charge in [-0.05, 0) is 37.3 Å².